The number of allylic oxidation sites excluding steroid dienone is 2. The van der Waals surface area contributed by atoms with Gasteiger partial charge in [-0.3, -0.25) is 0 Å². The summed E-state index contributed by atoms with van der Waals surface area (Å²) in [5, 5.41) is 24.2. The summed E-state index contributed by atoms with van der Waals surface area (Å²) in [5.74, 6) is 1.21. The molecule has 45 heavy (non-hydrogen) atoms. The summed E-state index contributed by atoms with van der Waals surface area (Å²) in [7, 11) is 1.69. The van der Waals surface area contributed by atoms with Crippen LogP contribution in [0.5, 0.6) is 5.75 Å². The number of fused-ring (bicyclic) bond motifs is 4. The highest BCUT2D eigenvalue weighted by atomic mass is 16.7. The van der Waals surface area contributed by atoms with E-state index in [2.05, 4.69) is 76.2 Å². The third-order valence-corrected chi connectivity index (χ3v) is 12.6. The van der Waals surface area contributed by atoms with Crippen LogP contribution in [-0.2, 0) is 15.9 Å². The Bertz CT molecular complexity index is 1460. The van der Waals surface area contributed by atoms with Crippen molar-refractivity contribution in [1.29, 1.82) is 0 Å². The van der Waals surface area contributed by atoms with Crippen molar-refractivity contribution in [2.45, 2.75) is 108 Å². The van der Waals surface area contributed by atoms with Crippen LogP contribution in [0.4, 0.5) is 0 Å². The highest BCUT2D eigenvalue weighted by molar-refractivity contribution is 5.52. The Morgan fingerprint density at radius 2 is 1.60 bits per heavy atom. The van der Waals surface area contributed by atoms with Crippen LogP contribution >= 0.6 is 0 Å². The lowest BCUT2D eigenvalue weighted by Crippen LogP contribution is -2.58. The van der Waals surface area contributed by atoms with Crippen LogP contribution in [0, 0.1) is 22.7 Å². The molecule has 2 aromatic rings. The number of methoxy groups -OCH3 is 1. The molecule has 3 saturated carbocycles. The molecule has 5 heteroatoms. The first-order valence-corrected chi connectivity index (χ1v) is 17.2. The fourth-order valence-corrected chi connectivity index (χ4v) is 9.70. The first-order valence-electron chi connectivity index (χ1n) is 17.2. The molecule has 7 rings (SSSR count). The first kappa shape index (κ1) is 31.2. The molecular formula is C40H52O5. The summed E-state index contributed by atoms with van der Waals surface area (Å²) in [5.41, 5.74) is 4.72. The molecule has 6 unspecified atom stereocenters. The minimum Gasteiger partial charge on any atom is -0.497 e. The molecule has 0 radical (unpaired) electrons. The molecule has 1 heterocycles. The number of hydrogen-bond acceptors (Lipinski definition) is 5. The monoisotopic (exact) mass is 612 g/mol. The second kappa shape index (κ2) is 11.1. The molecule has 0 amide bonds. The molecule has 1 saturated heterocycles. The Labute approximate surface area is 269 Å². The molecule has 1 spiro atoms. The minimum absolute atomic E-state index is 0.000353. The predicted molar refractivity (Wildman–Crippen MR) is 178 cm³/mol. The van der Waals surface area contributed by atoms with Gasteiger partial charge in [-0.2, -0.15) is 0 Å². The van der Waals surface area contributed by atoms with Crippen molar-refractivity contribution in [1.82, 2.24) is 0 Å². The number of benzene rings is 2. The third-order valence-electron chi connectivity index (χ3n) is 12.6. The fraction of sp³-hybridized carbons (Fsp3) is 0.600. The van der Waals surface area contributed by atoms with E-state index < -0.39 is 17.0 Å². The van der Waals surface area contributed by atoms with Crippen LogP contribution < -0.4 is 4.74 Å². The maximum atomic E-state index is 12.4. The lowest BCUT2D eigenvalue weighted by Gasteiger charge is -2.58. The third kappa shape index (κ3) is 5.42. The van der Waals surface area contributed by atoms with Crippen molar-refractivity contribution in [3.63, 3.8) is 0 Å². The molecule has 2 N–H and O–H groups in total. The Morgan fingerprint density at radius 1 is 0.889 bits per heavy atom. The van der Waals surface area contributed by atoms with Crippen LogP contribution in [0.3, 0.4) is 0 Å². The van der Waals surface area contributed by atoms with Crippen LogP contribution in [0.15, 0.2) is 65.8 Å². The van der Waals surface area contributed by atoms with Crippen LogP contribution in [0.1, 0.15) is 102 Å². The minimum atomic E-state index is -0.900. The van der Waals surface area contributed by atoms with Crippen LogP contribution in [0.2, 0.25) is 0 Å². The van der Waals surface area contributed by atoms with Crippen molar-refractivity contribution in [2.24, 2.45) is 22.7 Å². The molecule has 1 aliphatic heterocycles. The smallest absolute Gasteiger partial charge is 0.171 e. The van der Waals surface area contributed by atoms with Gasteiger partial charge in [0.15, 0.2) is 5.79 Å². The van der Waals surface area contributed by atoms with Gasteiger partial charge < -0.3 is 24.4 Å². The van der Waals surface area contributed by atoms with Crippen molar-refractivity contribution in [3.8, 4) is 5.75 Å². The van der Waals surface area contributed by atoms with Gasteiger partial charge in [-0.1, -0.05) is 74.9 Å². The van der Waals surface area contributed by atoms with E-state index in [-0.39, 0.29) is 16.7 Å². The molecule has 242 valence electrons. The molecular weight excluding hydrogens is 560 g/mol. The number of ether oxygens (including phenoxy) is 3. The molecule has 6 atom stereocenters. The molecule has 2 aromatic carbocycles. The van der Waals surface area contributed by atoms with E-state index in [0.29, 0.717) is 31.5 Å². The second-order valence-electron chi connectivity index (χ2n) is 16.2. The average Bonchev–Trinajstić information content (AvgIpc) is 3.26. The predicted octanol–water partition coefficient (Wildman–Crippen LogP) is 8.00. The molecule has 0 aromatic heterocycles. The largest absolute Gasteiger partial charge is 0.497 e. The highest BCUT2D eigenvalue weighted by Crippen LogP contribution is 2.67. The van der Waals surface area contributed by atoms with Crippen molar-refractivity contribution in [3.05, 3.63) is 82.4 Å². The maximum absolute atomic E-state index is 12.4. The first-order chi connectivity index (χ1) is 21.4. The van der Waals surface area contributed by atoms with Gasteiger partial charge in [-0.05, 0) is 98.1 Å². The van der Waals surface area contributed by atoms with E-state index in [1.165, 1.54) is 27.8 Å². The second-order valence-corrected chi connectivity index (χ2v) is 16.2. The van der Waals surface area contributed by atoms with Crippen molar-refractivity contribution >= 4 is 6.08 Å². The van der Waals surface area contributed by atoms with Crippen molar-refractivity contribution < 1.29 is 24.4 Å². The number of hydrogen-bond donors (Lipinski definition) is 2. The Balaban J connectivity index is 1.19. The van der Waals surface area contributed by atoms with Gasteiger partial charge in [0.05, 0.1) is 31.5 Å². The topological polar surface area (TPSA) is 68.2 Å². The van der Waals surface area contributed by atoms with Gasteiger partial charge in [0, 0.05) is 29.6 Å². The summed E-state index contributed by atoms with van der Waals surface area (Å²) in [6.45, 7) is 10.1. The van der Waals surface area contributed by atoms with Crippen LogP contribution in [0.25, 0.3) is 6.08 Å². The molecule has 0 bridgehead atoms. The molecule has 5 aliphatic rings. The molecule has 4 aliphatic carbocycles. The van der Waals surface area contributed by atoms with E-state index in [1.807, 2.05) is 12.1 Å². The number of rotatable bonds is 5. The zero-order valence-corrected chi connectivity index (χ0v) is 27.9. The van der Waals surface area contributed by atoms with Gasteiger partial charge in [0.1, 0.15) is 5.75 Å². The highest BCUT2D eigenvalue weighted by Gasteiger charge is 2.63. The van der Waals surface area contributed by atoms with Gasteiger partial charge >= 0.3 is 0 Å². The Hall–Kier alpha value is -2.44. The quantitative estimate of drug-likeness (QED) is 0.335. The summed E-state index contributed by atoms with van der Waals surface area (Å²) < 4.78 is 18.1. The lowest BCUT2D eigenvalue weighted by atomic mass is 9.50. The molecule has 4 fully saturated rings. The SMILES string of the molecule is COc1ccc(CC=Cc2ccc(C3CC4(C)C(CCC4(C)O)C4CCC5(O)CC6(CCC5=C34)OCC(C)(C)CO6)cc2)cc1. The average molecular weight is 613 g/mol. The molecule has 5 nitrogen and oxygen atoms in total. The number of aliphatic hydroxyl groups is 2. The lowest BCUT2D eigenvalue weighted by molar-refractivity contribution is -0.322. The maximum Gasteiger partial charge on any atom is 0.171 e. The van der Waals surface area contributed by atoms with Gasteiger partial charge in [-0.15, -0.1) is 0 Å². The van der Waals surface area contributed by atoms with Crippen molar-refractivity contribution in [2.75, 3.05) is 20.3 Å². The van der Waals surface area contributed by atoms with E-state index in [9.17, 15) is 10.2 Å². The van der Waals surface area contributed by atoms with E-state index in [1.54, 1.807) is 7.11 Å². The van der Waals surface area contributed by atoms with E-state index >= 15 is 0 Å². The zero-order chi connectivity index (χ0) is 31.7. The van der Waals surface area contributed by atoms with Gasteiger partial charge in [0.2, 0.25) is 0 Å². The summed E-state index contributed by atoms with van der Waals surface area (Å²) in [6.07, 6.45) is 11.9. The standard InChI is InChI=1S/C40H52O5/c1-36(2)25-44-40(45-26-36)22-19-34-35-31(17-21-39(34,42)24-40)33-18-20-38(4,41)37(33,3)23-32(35)29-13-9-27(10-14-29)7-6-8-28-11-15-30(43-5)16-12-28/h6-7,9-16,31-33,41-42H,8,17-26H2,1-5H3. The van der Waals surface area contributed by atoms with Crippen LogP contribution in [-0.4, -0.2) is 47.5 Å². The van der Waals surface area contributed by atoms with Gasteiger partial charge in [-0.25, -0.2) is 0 Å². The van der Waals surface area contributed by atoms with Gasteiger partial charge in [0.25, 0.3) is 0 Å². The van der Waals surface area contributed by atoms with E-state index in [0.717, 1.165) is 57.1 Å². The summed E-state index contributed by atoms with van der Waals surface area (Å²) in [6, 6.07) is 17.3. The Kier molecular flexibility index (Phi) is 7.67. The fourth-order valence-electron chi connectivity index (χ4n) is 9.70. The normalized spacial score (nSPS) is 36.9. The summed E-state index contributed by atoms with van der Waals surface area (Å²) >= 11 is 0. The zero-order valence-electron chi connectivity index (χ0n) is 27.9. The van der Waals surface area contributed by atoms with E-state index in [4.69, 9.17) is 14.2 Å². The summed E-state index contributed by atoms with van der Waals surface area (Å²) in [4.78, 5) is 0. The Morgan fingerprint density at radius 3 is 2.29 bits per heavy atom.